The molecule has 1 heterocycles. The van der Waals surface area contributed by atoms with E-state index in [0.717, 1.165) is 0 Å². The maximum atomic E-state index is 11.5. The van der Waals surface area contributed by atoms with Crippen molar-refractivity contribution in [3.8, 4) is 0 Å². The number of esters is 1. The first-order chi connectivity index (χ1) is 7.40. The Hall–Kier alpha value is -0.810. The van der Waals surface area contributed by atoms with E-state index in [0.29, 0.717) is 12.2 Å². The van der Waals surface area contributed by atoms with Crippen molar-refractivity contribution < 1.29 is 14.1 Å². The van der Waals surface area contributed by atoms with Crippen LogP contribution in [-0.2, 0) is 9.53 Å². The zero-order chi connectivity index (χ0) is 11.9. The summed E-state index contributed by atoms with van der Waals surface area (Å²) in [7, 11) is 0. The second kappa shape index (κ2) is 3.89. The fourth-order valence-corrected chi connectivity index (χ4v) is 1.74. The Labute approximate surface area is 102 Å². The standard InChI is InChI=1S/C9H10Cl2N2O3/c1-4(7-12-5(2)13-16-7)15-8(14)6-3-9(6,10)11/h4,6H,3H2,1-2H3. The molecule has 1 aliphatic carbocycles. The maximum absolute atomic E-state index is 11.5. The summed E-state index contributed by atoms with van der Waals surface area (Å²) < 4.78 is 9.01. The molecule has 2 unspecified atom stereocenters. The van der Waals surface area contributed by atoms with Gasteiger partial charge in [-0.25, -0.2) is 0 Å². The normalized spacial score (nSPS) is 23.9. The van der Waals surface area contributed by atoms with Crippen LogP contribution < -0.4 is 0 Å². The number of aromatic nitrogens is 2. The number of aryl methyl sites for hydroxylation is 1. The molecule has 1 aromatic heterocycles. The number of carbonyl (C=O) groups is 1. The minimum absolute atomic E-state index is 0.265. The lowest BCUT2D eigenvalue weighted by molar-refractivity contribution is -0.151. The third kappa shape index (κ3) is 2.30. The van der Waals surface area contributed by atoms with Crippen LogP contribution in [-0.4, -0.2) is 20.4 Å². The molecule has 0 aliphatic heterocycles. The SMILES string of the molecule is Cc1noc(C(C)OC(=O)C2CC2(Cl)Cl)n1. The Bertz CT molecular complexity index is 419. The monoisotopic (exact) mass is 264 g/mol. The van der Waals surface area contributed by atoms with Gasteiger partial charge in [-0.05, 0) is 20.3 Å². The highest BCUT2D eigenvalue weighted by Gasteiger charge is 2.57. The average Bonchev–Trinajstić information content (AvgIpc) is 2.62. The number of ether oxygens (including phenoxy) is 1. The topological polar surface area (TPSA) is 65.2 Å². The third-order valence-electron chi connectivity index (χ3n) is 2.29. The van der Waals surface area contributed by atoms with E-state index < -0.39 is 22.3 Å². The first-order valence-corrected chi connectivity index (χ1v) is 5.54. The first kappa shape index (κ1) is 11.7. The van der Waals surface area contributed by atoms with Crippen molar-refractivity contribution in [2.45, 2.75) is 30.7 Å². The molecule has 0 spiro atoms. The summed E-state index contributed by atoms with van der Waals surface area (Å²) in [5.74, 6) is -0.134. The lowest BCUT2D eigenvalue weighted by Gasteiger charge is -2.08. The van der Waals surface area contributed by atoms with Crippen LogP contribution in [0.2, 0.25) is 0 Å². The number of rotatable bonds is 3. The van der Waals surface area contributed by atoms with Crippen LogP contribution in [0.3, 0.4) is 0 Å². The Morgan fingerprint density at radius 3 is 2.75 bits per heavy atom. The molecule has 0 bridgehead atoms. The molecule has 1 aromatic rings. The molecule has 5 nitrogen and oxygen atoms in total. The number of alkyl halides is 2. The molecular weight excluding hydrogens is 255 g/mol. The Morgan fingerprint density at radius 2 is 2.31 bits per heavy atom. The summed E-state index contributed by atoms with van der Waals surface area (Å²) in [6.45, 7) is 3.34. The fraction of sp³-hybridized carbons (Fsp3) is 0.667. The Balaban J connectivity index is 1.93. The van der Waals surface area contributed by atoms with Gasteiger partial charge in [-0.2, -0.15) is 4.98 Å². The minimum atomic E-state index is -0.971. The highest BCUT2D eigenvalue weighted by Crippen LogP contribution is 2.54. The molecule has 2 rings (SSSR count). The lowest BCUT2D eigenvalue weighted by atomic mass is 10.4. The highest BCUT2D eigenvalue weighted by molar-refractivity contribution is 6.52. The summed E-state index contributed by atoms with van der Waals surface area (Å²) >= 11 is 11.5. The predicted octanol–water partition coefficient (Wildman–Crippen LogP) is 2.18. The molecule has 1 saturated carbocycles. The molecule has 16 heavy (non-hydrogen) atoms. The van der Waals surface area contributed by atoms with E-state index in [1.165, 1.54) is 0 Å². The van der Waals surface area contributed by atoms with Crippen LogP contribution in [0.15, 0.2) is 4.52 Å². The molecule has 7 heteroatoms. The van der Waals surface area contributed by atoms with Crippen LogP contribution in [0.25, 0.3) is 0 Å². The van der Waals surface area contributed by atoms with Gasteiger partial charge in [0, 0.05) is 0 Å². The van der Waals surface area contributed by atoms with E-state index in [-0.39, 0.29) is 5.89 Å². The van der Waals surface area contributed by atoms with Crippen LogP contribution in [0.1, 0.15) is 31.2 Å². The molecular formula is C9H10Cl2N2O3. The molecule has 2 atom stereocenters. The zero-order valence-electron chi connectivity index (χ0n) is 8.74. The van der Waals surface area contributed by atoms with Crippen molar-refractivity contribution in [1.29, 1.82) is 0 Å². The van der Waals surface area contributed by atoms with Crippen LogP contribution >= 0.6 is 23.2 Å². The summed E-state index contributed by atoms with van der Waals surface area (Å²) in [4.78, 5) is 15.5. The molecule has 0 radical (unpaired) electrons. The molecule has 0 N–H and O–H groups in total. The van der Waals surface area contributed by atoms with E-state index in [9.17, 15) is 4.79 Å². The minimum Gasteiger partial charge on any atom is -0.452 e. The van der Waals surface area contributed by atoms with Gasteiger partial charge in [0.05, 0.1) is 5.92 Å². The molecule has 1 aliphatic rings. The van der Waals surface area contributed by atoms with Crippen LogP contribution in [0.4, 0.5) is 0 Å². The second-order valence-electron chi connectivity index (χ2n) is 3.78. The van der Waals surface area contributed by atoms with Crippen LogP contribution in [0, 0.1) is 12.8 Å². The number of carbonyl (C=O) groups excluding carboxylic acids is 1. The van der Waals surface area contributed by atoms with Gasteiger partial charge in [0.25, 0.3) is 5.89 Å². The first-order valence-electron chi connectivity index (χ1n) is 4.78. The molecule has 0 amide bonds. The largest absolute Gasteiger partial charge is 0.452 e. The summed E-state index contributed by atoms with van der Waals surface area (Å²) in [6.07, 6.45) is -0.164. The van der Waals surface area contributed by atoms with Crippen molar-refractivity contribution in [2.75, 3.05) is 0 Å². The predicted molar refractivity (Wildman–Crippen MR) is 56.1 cm³/mol. The fourth-order valence-electron chi connectivity index (χ4n) is 1.25. The zero-order valence-corrected chi connectivity index (χ0v) is 10.2. The number of halogens is 2. The quantitative estimate of drug-likeness (QED) is 0.619. The van der Waals surface area contributed by atoms with Gasteiger partial charge in [0.15, 0.2) is 11.9 Å². The highest BCUT2D eigenvalue weighted by atomic mass is 35.5. The smallest absolute Gasteiger partial charge is 0.312 e. The van der Waals surface area contributed by atoms with Gasteiger partial charge in [0.2, 0.25) is 0 Å². The van der Waals surface area contributed by atoms with E-state index in [4.69, 9.17) is 32.5 Å². The average molecular weight is 265 g/mol. The van der Waals surface area contributed by atoms with Crippen LogP contribution in [0.5, 0.6) is 0 Å². The van der Waals surface area contributed by atoms with E-state index in [2.05, 4.69) is 10.1 Å². The van der Waals surface area contributed by atoms with Gasteiger partial charge >= 0.3 is 5.97 Å². The van der Waals surface area contributed by atoms with Gasteiger partial charge in [0.1, 0.15) is 4.33 Å². The summed E-state index contributed by atoms with van der Waals surface area (Å²) in [5, 5.41) is 3.60. The van der Waals surface area contributed by atoms with E-state index in [1.807, 2.05) is 0 Å². The maximum Gasteiger partial charge on any atom is 0.312 e. The summed E-state index contributed by atoms with van der Waals surface area (Å²) in [6, 6.07) is 0. The van der Waals surface area contributed by atoms with Crippen molar-refractivity contribution in [3.63, 3.8) is 0 Å². The number of nitrogens with zero attached hydrogens (tertiary/aromatic N) is 2. The summed E-state index contributed by atoms with van der Waals surface area (Å²) in [5.41, 5.74) is 0. The van der Waals surface area contributed by atoms with Crippen molar-refractivity contribution in [1.82, 2.24) is 10.1 Å². The van der Waals surface area contributed by atoms with Gasteiger partial charge < -0.3 is 9.26 Å². The number of hydrogen-bond donors (Lipinski definition) is 0. The van der Waals surface area contributed by atoms with Crippen molar-refractivity contribution >= 4 is 29.2 Å². The van der Waals surface area contributed by atoms with E-state index in [1.54, 1.807) is 13.8 Å². The van der Waals surface area contributed by atoms with Gasteiger partial charge in [-0.3, -0.25) is 4.79 Å². The molecule has 0 aromatic carbocycles. The van der Waals surface area contributed by atoms with Crippen molar-refractivity contribution in [3.05, 3.63) is 11.7 Å². The van der Waals surface area contributed by atoms with E-state index >= 15 is 0 Å². The second-order valence-corrected chi connectivity index (χ2v) is 5.32. The Morgan fingerprint density at radius 1 is 1.69 bits per heavy atom. The molecule has 88 valence electrons. The van der Waals surface area contributed by atoms with Gasteiger partial charge in [-0.15, -0.1) is 23.2 Å². The third-order valence-corrected chi connectivity index (χ3v) is 3.13. The lowest BCUT2D eigenvalue weighted by Crippen LogP contribution is -2.13. The van der Waals surface area contributed by atoms with Crippen molar-refractivity contribution in [2.24, 2.45) is 5.92 Å². The Kier molecular flexibility index (Phi) is 2.84. The molecule has 0 saturated heterocycles. The number of hydrogen-bond acceptors (Lipinski definition) is 5. The van der Waals surface area contributed by atoms with Gasteiger partial charge in [-0.1, -0.05) is 5.16 Å². The molecule has 1 fully saturated rings.